The number of aliphatic hydroxyl groups is 1. The van der Waals surface area contributed by atoms with Crippen LogP contribution in [0.2, 0.25) is 0 Å². The van der Waals surface area contributed by atoms with Crippen molar-refractivity contribution in [1.29, 1.82) is 0 Å². The Morgan fingerprint density at radius 2 is 2.18 bits per heavy atom. The molecule has 0 aromatic heterocycles. The Morgan fingerprint density at radius 3 is 2.27 bits per heavy atom. The summed E-state index contributed by atoms with van der Waals surface area (Å²) in [6, 6.07) is 0. The minimum Gasteiger partial charge on any atom is -0.383 e. The Morgan fingerprint density at radius 1 is 1.64 bits per heavy atom. The molecule has 1 heterocycles. The molecule has 1 rings (SSSR count). The molecule has 2 N–H and O–H groups in total. The predicted molar refractivity (Wildman–Crippen MR) is 28.6 cm³/mol. The molecule has 64 valence electrons. The lowest BCUT2D eigenvalue weighted by molar-refractivity contribution is -0.223. The SMILES string of the molecule is O=C1NC[C@H]1[C@H](O)C(F)(F)F. The molecular weight excluding hydrogens is 163 g/mol. The molecule has 1 aliphatic rings. The summed E-state index contributed by atoms with van der Waals surface area (Å²) in [5, 5.41) is 10.6. The van der Waals surface area contributed by atoms with E-state index in [2.05, 4.69) is 5.32 Å². The van der Waals surface area contributed by atoms with Gasteiger partial charge in [0, 0.05) is 6.54 Å². The van der Waals surface area contributed by atoms with E-state index in [-0.39, 0.29) is 6.54 Å². The molecule has 3 nitrogen and oxygen atoms in total. The standard InChI is InChI=1S/C5H6F3NO2/c6-5(7,8)3(10)2-1-9-4(2)11/h2-3,10H,1H2,(H,9,11)/t2-,3-/m0/s1. The molecule has 1 fully saturated rings. The number of carbonyl (C=O) groups is 1. The first kappa shape index (κ1) is 8.32. The lowest BCUT2D eigenvalue weighted by Gasteiger charge is -2.30. The van der Waals surface area contributed by atoms with Gasteiger partial charge in [0.1, 0.15) is 0 Å². The number of carbonyl (C=O) groups excluding carboxylic acids is 1. The maximum absolute atomic E-state index is 11.7. The van der Waals surface area contributed by atoms with Crippen LogP contribution in [0.5, 0.6) is 0 Å². The molecular formula is C5H6F3NO2. The molecule has 0 aromatic carbocycles. The van der Waals surface area contributed by atoms with Crippen LogP contribution >= 0.6 is 0 Å². The van der Waals surface area contributed by atoms with E-state index in [0.717, 1.165) is 0 Å². The molecule has 0 unspecified atom stereocenters. The highest BCUT2D eigenvalue weighted by atomic mass is 19.4. The number of aliphatic hydroxyl groups excluding tert-OH is 1. The molecule has 11 heavy (non-hydrogen) atoms. The first-order chi connectivity index (χ1) is 4.93. The molecule has 6 heteroatoms. The minimum atomic E-state index is -4.69. The minimum absolute atomic E-state index is 0.0977. The van der Waals surface area contributed by atoms with Crippen molar-refractivity contribution in [2.24, 2.45) is 5.92 Å². The van der Waals surface area contributed by atoms with Gasteiger partial charge in [0.2, 0.25) is 5.91 Å². The number of amides is 1. The van der Waals surface area contributed by atoms with Crippen LogP contribution in [0.1, 0.15) is 0 Å². The van der Waals surface area contributed by atoms with Crippen molar-refractivity contribution in [3.63, 3.8) is 0 Å². The zero-order valence-corrected chi connectivity index (χ0v) is 5.35. The van der Waals surface area contributed by atoms with Crippen LogP contribution in [0.4, 0.5) is 13.2 Å². The molecule has 0 aliphatic carbocycles. The summed E-state index contributed by atoms with van der Waals surface area (Å²) in [4.78, 5) is 10.3. The van der Waals surface area contributed by atoms with E-state index in [0.29, 0.717) is 0 Å². The van der Waals surface area contributed by atoms with E-state index < -0.39 is 24.1 Å². The molecule has 1 aliphatic heterocycles. The fourth-order valence-corrected chi connectivity index (χ4v) is 0.786. The first-order valence-corrected chi connectivity index (χ1v) is 2.95. The maximum atomic E-state index is 11.7. The van der Waals surface area contributed by atoms with E-state index in [1.807, 2.05) is 0 Å². The van der Waals surface area contributed by atoms with E-state index >= 15 is 0 Å². The fourth-order valence-electron chi connectivity index (χ4n) is 0.786. The second-order valence-electron chi connectivity index (χ2n) is 2.34. The van der Waals surface area contributed by atoms with Gasteiger partial charge in [-0.05, 0) is 0 Å². The molecule has 0 aromatic rings. The quantitative estimate of drug-likeness (QED) is 0.527. The average molecular weight is 169 g/mol. The lowest BCUT2D eigenvalue weighted by atomic mass is 9.95. The van der Waals surface area contributed by atoms with Crippen molar-refractivity contribution < 1.29 is 23.1 Å². The van der Waals surface area contributed by atoms with Crippen molar-refractivity contribution in [2.45, 2.75) is 12.3 Å². The molecule has 0 saturated carbocycles. The lowest BCUT2D eigenvalue weighted by Crippen LogP contribution is -2.57. The van der Waals surface area contributed by atoms with E-state index in [1.54, 1.807) is 0 Å². The third-order valence-corrected chi connectivity index (χ3v) is 1.55. The second-order valence-corrected chi connectivity index (χ2v) is 2.34. The van der Waals surface area contributed by atoms with E-state index in [9.17, 15) is 18.0 Å². The highest BCUT2D eigenvalue weighted by molar-refractivity contribution is 5.85. The summed E-state index contributed by atoms with van der Waals surface area (Å²) in [5.74, 6) is -2.05. The van der Waals surface area contributed by atoms with Crippen molar-refractivity contribution in [2.75, 3.05) is 6.54 Å². The molecule has 1 amide bonds. The van der Waals surface area contributed by atoms with Gasteiger partial charge in [-0.3, -0.25) is 4.79 Å². The number of hydrogen-bond acceptors (Lipinski definition) is 2. The third-order valence-electron chi connectivity index (χ3n) is 1.55. The zero-order chi connectivity index (χ0) is 8.65. The van der Waals surface area contributed by atoms with Gasteiger partial charge in [-0.2, -0.15) is 13.2 Å². The average Bonchev–Trinajstić information content (AvgIpc) is 1.83. The van der Waals surface area contributed by atoms with E-state index in [4.69, 9.17) is 5.11 Å². The van der Waals surface area contributed by atoms with Crippen LogP contribution in [0.15, 0.2) is 0 Å². The Bertz CT molecular complexity index is 179. The van der Waals surface area contributed by atoms with Crippen molar-refractivity contribution >= 4 is 5.91 Å². The summed E-state index contributed by atoms with van der Waals surface area (Å²) in [6.45, 7) is -0.0977. The summed E-state index contributed by atoms with van der Waals surface area (Å²) in [6.07, 6.45) is -7.21. The summed E-state index contributed by atoms with van der Waals surface area (Å²) in [5.41, 5.74) is 0. The van der Waals surface area contributed by atoms with Gasteiger partial charge in [-0.15, -0.1) is 0 Å². The predicted octanol–water partition coefficient (Wildman–Crippen LogP) is -0.344. The molecule has 0 radical (unpaired) electrons. The van der Waals surface area contributed by atoms with Crippen molar-refractivity contribution in [3.8, 4) is 0 Å². The van der Waals surface area contributed by atoms with Gasteiger partial charge in [-0.25, -0.2) is 0 Å². The molecule has 0 spiro atoms. The first-order valence-electron chi connectivity index (χ1n) is 2.95. The van der Waals surface area contributed by atoms with Gasteiger partial charge in [0.05, 0.1) is 5.92 Å². The Labute approximate surface area is 60.2 Å². The van der Waals surface area contributed by atoms with Crippen LogP contribution in [-0.2, 0) is 4.79 Å². The highest BCUT2D eigenvalue weighted by Gasteiger charge is 2.49. The van der Waals surface area contributed by atoms with Crippen molar-refractivity contribution in [3.05, 3.63) is 0 Å². The van der Waals surface area contributed by atoms with E-state index in [1.165, 1.54) is 0 Å². The Hall–Kier alpha value is -0.780. The fraction of sp³-hybridized carbons (Fsp3) is 0.800. The van der Waals surface area contributed by atoms with Gasteiger partial charge in [0.25, 0.3) is 0 Å². The number of nitrogens with one attached hydrogen (secondary N) is 1. The number of β-lactam (4-membered cyclic amide) rings is 1. The van der Waals surface area contributed by atoms with Crippen LogP contribution < -0.4 is 5.32 Å². The summed E-state index contributed by atoms with van der Waals surface area (Å²) >= 11 is 0. The summed E-state index contributed by atoms with van der Waals surface area (Å²) in [7, 11) is 0. The normalized spacial score (nSPS) is 27.3. The molecule has 0 bridgehead atoms. The monoisotopic (exact) mass is 169 g/mol. The number of rotatable bonds is 1. The van der Waals surface area contributed by atoms with Crippen LogP contribution in [0, 0.1) is 5.92 Å². The van der Waals surface area contributed by atoms with Gasteiger partial charge >= 0.3 is 6.18 Å². The van der Waals surface area contributed by atoms with Gasteiger partial charge in [0.15, 0.2) is 6.10 Å². The number of alkyl halides is 3. The van der Waals surface area contributed by atoms with Gasteiger partial charge in [-0.1, -0.05) is 0 Å². The number of halogens is 3. The van der Waals surface area contributed by atoms with Crippen LogP contribution in [0.3, 0.4) is 0 Å². The van der Waals surface area contributed by atoms with Gasteiger partial charge < -0.3 is 10.4 Å². The third kappa shape index (κ3) is 1.45. The van der Waals surface area contributed by atoms with Crippen LogP contribution in [0.25, 0.3) is 0 Å². The Kier molecular flexibility index (Phi) is 1.79. The molecule has 1 saturated heterocycles. The molecule has 2 atom stereocenters. The Balaban J connectivity index is 2.54. The number of hydrogen-bond donors (Lipinski definition) is 2. The zero-order valence-electron chi connectivity index (χ0n) is 5.35. The largest absolute Gasteiger partial charge is 0.415 e. The van der Waals surface area contributed by atoms with Crippen molar-refractivity contribution in [1.82, 2.24) is 5.32 Å². The second kappa shape index (κ2) is 2.37. The highest BCUT2D eigenvalue weighted by Crippen LogP contribution is 2.27. The smallest absolute Gasteiger partial charge is 0.383 e. The topological polar surface area (TPSA) is 49.3 Å². The van der Waals surface area contributed by atoms with Crippen LogP contribution in [-0.4, -0.2) is 29.8 Å². The summed E-state index contributed by atoms with van der Waals surface area (Å²) < 4.78 is 35.0. The maximum Gasteiger partial charge on any atom is 0.415 e.